The van der Waals surface area contributed by atoms with Crippen LogP contribution in [0.3, 0.4) is 0 Å². The molecule has 0 saturated heterocycles. The summed E-state index contributed by atoms with van der Waals surface area (Å²) in [5.41, 5.74) is -2.41. The summed E-state index contributed by atoms with van der Waals surface area (Å²) in [5, 5.41) is 10.3. The zero-order valence-corrected chi connectivity index (χ0v) is 12.0. The van der Waals surface area contributed by atoms with E-state index >= 15 is 0 Å². The Balaban J connectivity index is 3.26. The highest BCUT2D eigenvalue weighted by atomic mass is 19.4. The van der Waals surface area contributed by atoms with Crippen molar-refractivity contribution in [3.8, 4) is 5.75 Å². The van der Waals surface area contributed by atoms with E-state index in [-0.39, 0.29) is 17.7 Å². The molecule has 114 valence electrons. The number of benzene rings is 1. The van der Waals surface area contributed by atoms with Crippen molar-refractivity contribution < 1.29 is 23.0 Å². The number of alkyl halides is 3. The minimum Gasteiger partial charge on any atom is -0.496 e. The zero-order valence-electron chi connectivity index (χ0n) is 12.0. The predicted octanol–water partition coefficient (Wildman–Crippen LogP) is 4.33. The molecule has 0 aliphatic carbocycles. The van der Waals surface area contributed by atoms with Crippen LogP contribution in [0.25, 0.3) is 0 Å². The van der Waals surface area contributed by atoms with Crippen LogP contribution in [0.4, 0.5) is 13.2 Å². The first-order chi connectivity index (χ1) is 9.26. The number of aryl methyl sites for hydroxylation is 1. The molecule has 0 fully saturated rings. The Kier molecular flexibility index (Phi) is 5.45. The van der Waals surface area contributed by atoms with E-state index in [0.29, 0.717) is 18.4 Å². The molecule has 0 saturated carbocycles. The highest BCUT2D eigenvalue weighted by Crippen LogP contribution is 2.46. The Morgan fingerprint density at radius 3 is 2.35 bits per heavy atom. The van der Waals surface area contributed by atoms with Gasteiger partial charge < -0.3 is 9.84 Å². The number of ether oxygens (including phenoxy) is 1. The van der Waals surface area contributed by atoms with Gasteiger partial charge in [0.05, 0.1) is 7.11 Å². The van der Waals surface area contributed by atoms with Gasteiger partial charge in [-0.2, -0.15) is 13.2 Å². The van der Waals surface area contributed by atoms with E-state index in [0.717, 1.165) is 6.42 Å². The van der Waals surface area contributed by atoms with E-state index in [2.05, 4.69) is 0 Å². The first kappa shape index (κ1) is 16.8. The molecular weight excluding hydrogens is 269 g/mol. The molecule has 0 aliphatic heterocycles. The molecule has 0 amide bonds. The molecule has 0 radical (unpaired) electrons. The third-order valence-electron chi connectivity index (χ3n) is 3.41. The van der Waals surface area contributed by atoms with E-state index in [1.807, 2.05) is 6.92 Å². The van der Waals surface area contributed by atoms with Crippen molar-refractivity contribution >= 4 is 0 Å². The van der Waals surface area contributed by atoms with Crippen LogP contribution < -0.4 is 4.74 Å². The van der Waals surface area contributed by atoms with Gasteiger partial charge in [0, 0.05) is 5.56 Å². The molecule has 5 heteroatoms. The molecule has 1 aromatic rings. The van der Waals surface area contributed by atoms with Crippen molar-refractivity contribution in [2.24, 2.45) is 0 Å². The topological polar surface area (TPSA) is 29.5 Å². The van der Waals surface area contributed by atoms with Gasteiger partial charge in [-0.05, 0) is 31.9 Å². The summed E-state index contributed by atoms with van der Waals surface area (Å²) >= 11 is 0. The van der Waals surface area contributed by atoms with Crippen molar-refractivity contribution in [2.75, 3.05) is 7.11 Å². The number of hydrogen-bond acceptors (Lipinski definition) is 2. The molecule has 1 aromatic carbocycles. The average molecular weight is 290 g/mol. The largest absolute Gasteiger partial charge is 0.496 e. The average Bonchev–Trinajstić information content (AvgIpc) is 2.37. The van der Waals surface area contributed by atoms with Crippen LogP contribution >= 0.6 is 0 Å². The molecule has 1 atom stereocenters. The van der Waals surface area contributed by atoms with E-state index in [1.165, 1.54) is 19.2 Å². The summed E-state index contributed by atoms with van der Waals surface area (Å²) in [6.07, 6.45) is -3.35. The Hall–Kier alpha value is -1.23. The molecule has 2 nitrogen and oxygen atoms in total. The van der Waals surface area contributed by atoms with Crippen molar-refractivity contribution in [1.29, 1.82) is 0 Å². The summed E-state index contributed by atoms with van der Waals surface area (Å²) in [6.45, 7) is 3.59. The van der Waals surface area contributed by atoms with Gasteiger partial charge in [0.15, 0.2) is 5.60 Å². The van der Waals surface area contributed by atoms with E-state index in [1.54, 1.807) is 13.0 Å². The Morgan fingerprint density at radius 2 is 1.85 bits per heavy atom. The van der Waals surface area contributed by atoms with E-state index in [4.69, 9.17) is 4.74 Å². The third kappa shape index (κ3) is 3.45. The van der Waals surface area contributed by atoms with Crippen LogP contribution in [0.15, 0.2) is 18.2 Å². The molecule has 20 heavy (non-hydrogen) atoms. The number of hydrogen-bond donors (Lipinski definition) is 1. The fourth-order valence-corrected chi connectivity index (χ4v) is 2.20. The van der Waals surface area contributed by atoms with Gasteiger partial charge in [0.2, 0.25) is 0 Å². The van der Waals surface area contributed by atoms with Crippen LogP contribution in [0, 0.1) is 6.92 Å². The van der Waals surface area contributed by atoms with Crippen LogP contribution in [0.2, 0.25) is 0 Å². The fraction of sp³-hybridized carbons (Fsp3) is 0.600. The Labute approximate surface area is 117 Å². The van der Waals surface area contributed by atoms with Crippen molar-refractivity contribution in [2.45, 2.75) is 51.3 Å². The highest BCUT2D eigenvalue weighted by molar-refractivity contribution is 5.41. The second-order valence-corrected chi connectivity index (χ2v) is 5.02. The summed E-state index contributed by atoms with van der Waals surface area (Å²) in [4.78, 5) is 0. The maximum Gasteiger partial charge on any atom is 0.421 e. The molecule has 1 unspecified atom stereocenters. The number of aliphatic hydroxyl groups is 1. The smallest absolute Gasteiger partial charge is 0.421 e. The predicted molar refractivity (Wildman–Crippen MR) is 71.8 cm³/mol. The second kappa shape index (κ2) is 6.48. The molecule has 1 N–H and O–H groups in total. The maximum absolute atomic E-state index is 13.4. The number of rotatable bonds is 6. The number of methoxy groups -OCH3 is 1. The highest BCUT2D eigenvalue weighted by Gasteiger charge is 2.55. The quantitative estimate of drug-likeness (QED) is 0.790. The summed E-state index contributed by atoms with van der Waals surface area (Å²) in [7, 11) is 1.30. The minimum atomic E-state index is -4.73. The molecular formula is C15H21F3O2. The molecule has 0 bridgehead atoms. The van der Waals surface area contributed by atoms with Crippen LogP contribution in [0.5, 0.6) is 5.75 Å². The van der Waals surface area contributed by atoms with Gasteiger partial charge in [-0.1, -0.05) is 31.4 Å². The van der Waals surface area contributed by atoms with Crippen molar-refractivity contribution in [1.82, 2.24) is 0 Å². The van der Waals surface area contributed by atoms with E-state index < -0.39 is 11.8 Å². The Morgan fingerprint density at radius 1 is 1.20 bits per heavy atom. The molecule has 0 aromatic heterocycles. The summed E-state index contributed by atoms with van der Waals surface area (Å²) < 4.78 is 45.1. The Bertz CT molecular complexity index is 443. The number of unbranched alkanes of at least 4 members (excludes halogenated alkanes) is 2. The van der Waals surface area contributed by atoms with E-state index in [9.17, 15) is 18.3 Å². The monoisotopic (exact) mass is 290 g/mol. The third-order valence-corrected chi connectivity index (χ3v) is 3.41. The van der Waals surface area contributed by atoms with Gasteiger partial charge in [-0.3, -0.25) is 0 Å². The summed E-state index contributed by atoms with van der Waals surface area (Å²) in [5.74, 6) is 0.0620. The zero-order chi connectivity index (χ0) is 15.4. The fourth-order valence-electron chi connectivity index (χ4n) is 2.20. The lowest BCUT2D eigenvalue weighted by Gasteiger charge is -2.32. The van der Waals surface area contributed by atoms with Crippen molar-refractivity contribution in [3.63, 3.8) is 0 Å². The normalized spacial score (nSPS) is 14.9. The van der Waals surface area contributed by atoms with Crippen LogP contribution in [-0.2, 0) is 5.60 Å². The van der Waals surface area contributed by atoms with Crippen molar-refractivity contribution in [3.05, 3.63) is 29.3 Å². The van der Waals surface area contributed by atoms with Gasteiger partial charge in [0.1, 0.15) is 5.75 Å². The lowest BCUT2D eigenvalue weighted by Crippen LogP contribution is -2.42. The second-order valence-electron chi connectivity index (χ2n) is 5.02. The summed E-state index contributed by atoms with van der Waals surface area (Å²) in [6, 6.07) is 4.46. The van der Waals surface area contributed by atoms with Gasteiger partial charge >= 0.3 is 6.18 Å². The van der Waals surface area contributed by atoms with Gasteiger partial charge in [0.25, 0.3) is 0 Å². The van der Waals surface area contributed by atoms with Crippen LogP contribution in [-0.4, -0.2) is 18.4 Å². The maximum atomic E-state index is 13.4. The number of halogens is 3. The van der Waals surface area contributed by atoms with Gasteiger partial charge in [-0.25, -0.2) is 0 Å². The first-order valence-electron chi connectivity index (χ1n) is 6.70. The lowest BCUT2D eigenvalue weighted by atomic mass is 9.86. The molecule has 0 heterocycles. The first-order valence-corrected chi connectivity index (χ1v) is 6.70. The molecule has 0 aliphatic rings. The SMILES string of the molecule is CCCCCC(O)(c1cc(C)ccc1OC)C(F)(F)F. The molecule has 0 spiro atoms. The van der Waals surface area contributed by atoms with Gasteiger partial charge in [-0.15, -0.1) is 0 Å². The van der Waals surface area contributed by atoms with Crippen LogP contribution in [0.1, 0.15) is 43.7 Å². The lowest BCUT2D eigenvalue weighted by molar-refractivity contribution is -0.270. The molecule has 1 rings (SSSR count). The minimum absolute atomic E-state index is 0.0620. The standard InChI is InChI=1S/C15H21F3O2/c1-4-5-6-9-14(19,15(16,17)18)12-10-11(2)7-8-13(12)20-3/h7-8,10,19H,4-6,9H2,1-3H3.